The van der Waals surface area contributed by atoms with E-state index in [0.717, 1.165) is 6.42 Å². The molecule has 1 aliphatic heterocycles. The lowest BCUT2D eigenvalue weighted by atomic mass is 9.69. The Balaban J connectivity index is 2.03. The van der Waals surface area contributed by atoms with Crippen LogP contribution in [-0.2, 0) is 28.6 Å². The summed E-state index contributed by atoms with van der Waals surface area (Å²) in [5.41, 5.74) is 1.58. The van der Waals surface area contributed by atoms with Crippen molar-refractivity contribution in [2.24, 2.45) is 11.8 Å². The molecular weight excluding hydrogens is 429 g/mol. The maximum absolute atomic E-state index is 15.0. The van der Waals surface area contributed by atoms with Gasteiger partial charge in [-0.05, 0) is 31.7 Å². The van der Waals surface area contributed by atoms with Crippen LogP contribution in [0.1, 0.15) is 45.1 Å². The maximum Gasteiger partial charge on any atom is 0.336 e. The highest BCUT2D eigenvalue weighted by Gasteiger charge is 2.47. The van der Waals surface area contributed by atoms with Crippen LogP contribution < -0.4 is 5.32 Å². The van der Waals surface area contributed by atoms with Crippen LogP contribution in [0.2, 0.25) is 0 Å². The molecule has 1 aliphatic carbocycles. The van der Waals surface area contributed by atoms with E-state index in [4.69, 9.17) is 14.2 Å². The first-order valence-corrected chi connectivity index (χ1v) is 11.1. The molecule has 0 unspecified atom stereocenters. The number of rotatable bonds is 8. The molecule has 0 aromatic heterocycles. The van der Waals surface area contributed by atoms with Crippen LogP contribution in [0.3, 0.4) is 0 Å². The summed E-state index contributed by atoms with van der Waals surface area (Å²) in [6.07, 6.45) is 1.23. The van der Waals surface area contributed by atoms with Gasteiger partial charge in [0.1, 0.15) is 18.3 Å². The van der Waals surface area contributed by atoms with Gasteiger partial charge in [-0.25, -0.2) is 9.18 Å². The van der Waals surface area contributed by atoms with E-state index in [0.29, 0.717) is 24.4 Å². The van der Waals surface area contributed by atoms with E-state index in [2.05, 4.69) is 5.32 Å². The number of ketones is 1. The van der Waals surface area contributed by atoms with Crippen molar-refractivity contribution < 1.29 is 33.0 Å². The standard InChI is InChI=1S/C25H30FNO6/c1-5-10-32-11-12-33-25(30)20-15(3)27-18-13-14(2)19(24(29)31-4)23(28)22(18)21(20)16-8-6-7-9-17(16)26/h6-9,14,19,21,27H,5,10-13H2,1-4H3/t14-,19+,21-/m0/s1. The smallest absolute Gasteiger partial charge is 0.336 e. The molecule has 0 bridgehead atoms. The van der Waals surface area contributed by atoms with Gasteiger partial charge in [0, 0.05) is 29.1 Å². The van der Waals surface area contributed by atoms with Crippen LogP contribution in [0.5, 0.6) is 0 Å². The van der Waals surface area contributed by atoms with Gasteiger partial charge in [-0.15, -0.1) is 0 Å². The number of dihydropyridines is 1. The Labute approximate surface area is 193 Å². The highest BCUT2D eigenvalue weighted by Crippen LogP contribution is 2.46. The molecule has 1 N–H and O–H groups in total. The molecule has 1 heterocycles. The maximum atomic E-state index is 15.0. The third-order valence-electron chi connectivity index (χ3n) is 5.99. The predicted molar refractivity (Wildman–Crippen MR) is 118 cm³/mol. The fourth-order valence-electron chi connectivity index (χ4n) is 4.49. The molecule has 1 aromatic rings. The van der Waals surface area contributed by atoms with Crippen molar-refractivity contribution >= 4 is 17.7 Å². The summed E-state index contributed by atoms with van der Waals surface area (Å²) in [6.45, 7) is 6.28. The molecular formula is C25H30FNO6. The van der Waals surface area contributed by atoms with Crippen LogP contribution in [0, 0.1) is 17.7 Å². The summed E-state index contributed by atoms with van der Waals surface area (Å²) < 4.78 is 30.6. The zero-order chi connectivity index (χ0) is 24.1. The van der Waals surface area contributed by atoms with Gasteiger partial charge in [-0.1, -0.05) is 32.0 Å². The molecule has 178 valence electrons. The first kappa shape index (κ1) is 24.6. The Kier molecular flexibility index (Phi) is 8.02. The summed E-state index contributed by atoms with van der Waals surface area (Å²) in [5, 5.41) is 3.15. The molecule has 3 atom stereocenters. The molecule has 0 spiro atoms. The van der Waals surface area contributed by atoms with Crippen LogP contribution in [0.25, 0.3) is 0 Å². The van der Waals surface area contributed by atoms with E-state index in [1.165, 1.54) is 19.2 Å². The SMILES string of the molecule is CCCOCCOC(=O)C1=C(C)NC2=C(C(=O)[C@H](C(=O)OC)[C@@H](C)C2)[C@H]1c1ccccc1F. The largest absolute Gasteiger partial charge is 0.468 e. The lowest BCUT2D eigenvalue weighted by Crippen LogP contribution is -2.43. The van der Waals surface area contributed by atoms with Crippen LogP contribution in [-0.4, -0.2) is 44.7 Å². The molecule has 0 saturated heterocycles. The predicted octanol–water partition coefficient (Wildman–Crippen LogP) is 3.41. The lowest BCUT2D eigenvalue weighted by Gasteiger charge is -2.38. The highest BCUT2D eigenvalue weighted by atomic mass is 19.1. The number of halogens is 1. The number of nitrogens with one attached hydrogen (secondary N) is 1. The van der Waals surface area contributed by atoms with E-state index >= 15 is 0 Å². The van der Waals surface area contributed by atoms with E-state index < -0.39 is 35.4 Å². The zero-order valence-electron chi connectivity index (χ0n) is 19.4. The quantitative estimate of drug-likeness (QED) is 0.362. The zero-order valence-corrected chi connectivity index (χ0v) is 19.4. The monoisotopic (exact) mass is 459 g/mol. The summed E-state index contributed by atoms with van der Waals surface area (Å²) in [7, 11) is 1.23. The molecule has 0 radical (unpaired) electrons. The van der Waals surface area contributed by atoms with E-state index in [9.17, 15) is 18.8 Å². The van der Waals surface area contributed by atoms with Crippen molar-refractivity contribution in [3.05, 3.63) is 58.2 Å². The number of esters is 2. The lowest BCUT2D eigenvalue weighted by molar-refractivity contribution is -0.151. The van der Waals surface area contributed by atoms with E-state index in [-0.39, 0.29) is 35.8 Å². The number of Topliss-reactive ketones (excluding diaryl/α,β-unsaturated/α-hetero) is 1. The molecule has 1 aromatic carbocycles. The van der Waals surface area contributed by atoms with Crippen LogP contribution in [0.15, 0.2) is 46.8 Å². The topological polar surface area (TPSA) is 90.9 Å². The van der Waals surface area contributed by atoms with Crippen LogP contribution in [0.4, 0.5) is 4.39 Å². The average molecular weight is 460 g/mol. The Morgan fingerprint density at radius 1 is 1.18 bits per heavy atom. The van der Waals surface area contributed by atoms with Gasteiger partial charge in [0.25, 0.3) is 0 Å². The van der Waals surface area contributed by atoms with Gasteiger partial charge < -0.3 is 19.5 Å². The van der Waals surface area contributed by atoms with Crippen molar-refractivity contribution in [3.8, 4) is 0 Å². The number of ether oxygens (including phenoxy) is 3. The number of methoxy groups -OCH3 is 1. The fourth-order valence-corrected chi connectivity index (χ4v) is 4.49. The van der Waals surface area contributed by atoms with Gasteiger partial charge in [0.05, 0.1) is 25.2 Å². The van der Waals surface area contributed by atoms with Gasteiger partial charge in [-0.3, -0.25) is 9.59 Å². The van der Waals surface area contributed by atoms with Crippen molar-refractivity contribution in [2.75, 3.05) is 26.9 Å². The van der Waals surface area contributed by atoms with Crippen molar-refractivity contribution in [2.45, 2.75) is 39.5 Å². The number of hydrogen-bond acceptors (Lipinski definition) is 7. The molecule has 0 saturated carbocycles. The second-order valence-electron chi connectivity index (χ2n) is 8.31. The molecule has 33 heavy (non-hydrogen) atoms. The minimum absolute atomic E-state index is 0.0290. The Morgan fingerprint density at radius 3 is 2.58 bits per heavy atom. The minimum Gasteiger partial charge on any atom is -0.468 e. The minimum atomic E-state index is -1.03. The van der Waals surface area contributed by atoms with Crippen molar-refractivity contribution in [1.82, 2.24) is 5.32 Å². The highest BCUT2D eigenvalue weighted by molar-refractivity contribution is 6.12. The number of benzene rings is 1. The van der Waals surface area contributed by atoms with Gasteiger partial charge in [0.2, 0.25) is 0 Å². The summed E-state index contributed by atoms with van der Waals surface area (Å²) in [6, 6.07) is 6.00. The third-order valence-corrected chi connectivity index (χ3v) is 5.99. The third kappa shape index (κ3) is 5.00. The first-order chi connectivity index (χ1) is 15.8. The summed E-state index contributed by atoms with van der Waals surface area (Å²) in [4.78, 5) is 39.1. The fraction of sp³-hybridized carbons (Fsp3) is 0.480. The normalized spacial score (nSPS) is 22.6. The van der Waals surface area contributed by atoms with Gasteiger partial charge in [0.15, 0.2) is 5.78 Å². The Hall–Kier alpha value is -3.00. The second kappa shape index (κ2) is 10.7. The number of hydrogen-bond donors (Lipinski definition) is 1. The van der Waals surface area contributed by atoms with Crippen molar-refractivity contribution in [1.29, 1.82) is 0 Å². The second-order valence-corrected chi connectivity index (χ2v) is 8.31. The van der Waals surface area contributed by atoms with Crippen molar-refractivity contribution in [3.63, 3.8) is 0 Å². The Bertz CT molecular complexity index is 998. The first-order valence-electron chi connectivity index (χ1n) is 11.1. The number of carbonyl (C=O) groups is 3. The van der Waals surface area contributed by atoms with Gasteiger partial charge >= 0.3 is 11.9 Å². The summed E-state index contributed by atoms with van der Waals surface area (Å²) in [5.74, 6) is -4.67. The molecule has 7 nitrogen and oxygen atoms in total. The number of allylic oxidation sites excluding steroid dienone is 3. The molecule has 2 aliphatic rings. The van der Waals surface area contributed by atoms with E-state index in [1.807, 2.05) is 6.92 Å². The van der Waals surface area contributed by atoms with Gasteiger partial charge in [-0.2, -0.15) is 0 Å². The summed E-state index contributed by atoms with van der Waals surface area (Å²) >= 11 is 0. The van der Waals surface area contributed by atoms with Crippen LogP contribution >= 0.6 is 0 Å². The molecule has 3 rings (SSSR count). The van der Waals surface area contributed by atoms with E-state index in [1.54, 1.807) is 26.0 Å². The number of carbonyl (C=O) groups excluding carboxylic acids is 3. The molecule has 0 fully saturated rings. The Morgan fingerprint density at radius 2 is 1.91 bits per heavy atom. The molecule has 0 amide bonds. The average Bonchev–Trinajstić information content (AvgIpc) is 2.78. The molecule has 8 heteroatoms.